The second kappa shape index (κ2) is 11.1. The second-order valence-corrected chi connectivity index (χ2v) is 8.71. The van der Waals surface area contributed by atoms with E-state index in [1.807, 2.05) is 49.4 Å². The predicted octanol–water partition coefficient (Wildman–Crippen LogP) is 7.80. The molecule has 0 aliphatic rings. The third kappa shape index (κ3) is 6.32. The Labute approximate surface area is 193 Å². The van der Waals surface area contributed by atoms with Gasteiger partial charge >= 0.3 is 0 Å². The van der Waals surface area contributed by atoms with Crippen molar-refractivity contribution < 1.29 is 4.39 Å². The summed E-state index contributed by atoms with van der Waals surface area (Å²) in [6.45, 7) is 19.9. The van der Waals surface area contributed by atoms with Crippen molar-refractivity contribution in [3.05, 3.63) is 84.4 Å². The molecule has 1 N–H and O–H groups in total. The van der Waals surface area contributed by atoms with Crippen molar-refractivity contribution in [2.75, 3.05) is 4.90 Å². The molecule has 0 aliphatic heterocycles. The minimum absolute atomic E-state index is 0.246. The fourth-order valence-electron chi connectivity index (χ4n) is 3.83. The van der Waals surface area contributed by atoms with Gasteiger partial charge in [-0.2, -0.15) is 0 Å². The van der Waals surface area contributed by atoms with Crippen molar-refractivity contribution in [2.45, 2.75) is 72.5 Å². The van der Waals surface area contributed by atoms with Crippen LogP contribution >= 0.6 is 0 Å². The van der Waals surface area contributed by atoms with Gasteiger partial charge in [0.2, 0.25) is 0 Å². The maximum atomic E-state index is 14.6. The van der Waals surface area contributed by atoms with Crippen molar-refractivity contribution in [1.82, 2.24) is 10.3 Å². The highest BCUT2D eigenvalue weighted by Gasteiger charge is 2.24. The van der Waals surface area contributed by atoms with E-state index in [0.29, 0.717) is 5.56 Å². The molecule has 2 rings (SSSR count). The van der Waals surface area contributed by atoms with Crippen LogP contribution in [0.15, 0.2) is 73.2 Å². The van der Waals surface area contributed by atoms with Gasteiger partial charge in [0.25, 0.3) is 0 Å². The molecule has 0 bridgehead atoms. The quantitative estimate of drug-likeness (QED) is 0.365. The zero-order valence-corrected chi connectivity index (χ0v) is 20.5. The maximum absolute atomic E-state index is 14.6. The summed E-state index contributed by atoms with van der Waals surface area (Å²) in [6, 6.07) is 11.9. The summed E-state index contributed by atoms with van der Waals surface area (Å²) >= 11 is 0. The minimum Gasteiger partial charge on any atom is -0.343 e. The van der Waals surface area contributed by atoms with Crippen LogP contribution in [0.25, 0.3) is 11.3 Å². The average molecular weight is 436 g/mol. The van der Waals surface area contributed by atoms with Gasteiger partial charge in [-0.15, -0.1) is 0 Å². The number of nitrogens with one attached hydrogen (secondary N) is 1. The SMILES string of the molecule is C=C(/C=C\C)NC(=C)N(c1nc(-c2cccc(C(C)(C)F)c2)ccc1C)[C@@H](CC)CCC. The molecule has 1 atom stereocenters. The Morgan fingerprint density at radius 3 is 2.53 bits per heavy atom. The average Bonchev–Trinajstić information content (AvgIpc) is 2.74. The third-order valence-electron chi connectivity index (χ3n) is 5.57. The van der Waals surface area contributed by atoms with Gasteiger partial charge in [0.05, 0.1) is 5.69 Å². The van der Waals surface area contributed by atoms with Gasteiger partial charge in [0, 0.05) is 17.3 Å². The van der Waals surface area contributed by atoms with Crippen LogP contribution in [-0.2, 0) is 5.67 Å². The first-order valence-corrected chi connectivity index (χ1v) is 11.5. The van der Waals surface area contributed by atoms with Crippen molar-refractivity contribution in [1.29, 1.82) is 0 Å². The van der Waals surface area contributed by atoms with Crippen LogP contribution in [0.3, 0.4) is 0 Å². The zero-order chi connectivity index (χ0) is 23.9. The van der Waals surface area contributed by atoms with E-state index in [0.717, 1.165) is 53.4 Å². The van der Waals surface area contributed by atoms with Crippen LogP contribution in [0.5, 0.6) is 0 Å². The molecule has 0 fully saturated rings. The highest BCUT2D eigenvalue weighted by molar-refractivity contribution is 5.65. The molecule has 0 unspecified atom stereocenters. The monoisotopic (exact) mass is 435 g/mol. The minimum atomic E-state index is -1.41. The summed E-state index contributed by atoms with van der Waals surface area (Å²) in [5, 5.41) is 3.33. The first kappa shape index (κ1) is 25.4. The number of anilines is 1. The summed E-state index contributed by atoms with van der Waals surface area (Å²) < 4.78 is 14.6. The normalized spacial score (nSPS) is 12.6. The van der Waals surface area contributed by atoms with Gasteiger partial charge in [0.1, 0.15) is 17.3 Å². The van der Waals surface area contributed by atoms with Gasteiger partial charge in [-0.05, 0) is 69.9 Å². The fourth-order valence-corrected chi connectivity index (χ4v) is 3.83. The number of aromatic nitrogens is 1. The molecular weight excluding hydrogens is 397 g/mol. The maximum Gasteiger partial charge on any atom is 0.137 e. The Morgan fingerprint density at radius 1 is 1.22 bits per heavy atom. The number of benzene rings is 1. The standard InChI is InChI=1S/C28H38FN3/c1-9-13-21(5)30-22(6)32(25(11-3)14-10-2)27-20(4)17-18-26(31-27)23-15-12-16-24(19-23)28(7,8)29/h9,12-13,15-19,25,30H,5-6,10-11,14H2,1-4,7-8H3/b13-9-/t25-/m0/s1. The summed E-state index contributed by atoms with van der Waals surface area (Å²) in [5.74, 6) is 1.61. The largest absolute Gasteiger partial charge is 0.343 e. The lowest BCUT2D eigenvalue weighted by Crippen LogP contribution is -2.39. The lowest BCUT2D eigenvalue weighted by molar-refractivity contribution is 0.221. The Bertz CT molecular complexity index is 969. The third-order valence-corrected chi connectivity index (χ3v) is 5.57. The lowest BCUT2D eigenvalue weighted by atomic mass is 9.97. The predicted molar refractivity (Wildman–Crippen MR) is 136 cm³/mol. The van der Waals surface area contributed by atoms with Crippen LogP contribution in [0.2, 0.25) is 0 Å². The van der Waals surface area contributed by atoms with E-state index in [9.17, 15) is 4.39 Å². The molecule has 0 saturated carbocycles. The number of pyridine rings is 1. The molecule has 0 aliphatic carbocycles. The van der Waals surface area contributed by atoms with Crippen molar-refractivity contribution in [2.24, 2.45) is 0 Å². The number of alkyl halides is 1. The van der Waals surface area contributed by atoms with Gasteiger partial charge in [-0.1, -0.05) is 63.8 Å². The molecule has 172 valence electrons. The van der Waals surface area contributed by atoms with Gasteiger partial charge in [-0.3, -0.25) is 0 Å². The van der Waals surface area contributed by atoms with Gasteiger partial charge in [0.15, 0.2) is 0 Å². The van der Waals surface area contributed by atoms with E-state index in [1.165, 1.54) is 0 Å². The Balaban J connectivity index is 2.56. The fraction of sp³-hybridized carbons (Fsp3) is 0.393. The summed E-state index contributed by atoms with van der Waals surface area (Å²) in [5.41, 5.74) is 2.78. The number of halogens is 1. The summed E-state index contributed by atoms with van der Waals surface area (Å²) in [4.78, 5) is 7.24. The summed E-state index contributed by atoms with van der Waals surface area (Å²) in [7, 11) is 0. The van der Waals surface area contributed by atoms with Crippen LogP contribution in [0.1, 0.15) is 65.0 Å². The second-order valence-electron chi connectivity index (χ2n) is 8.71. The van der Waals surface area contributed by atoms with E-state index in [-0.39, 0.29) is 6.04 Å². The molecule has 0 radical (unpaired) electrons. The Hall–Kier alpha value is -2.88. The van der Waals surface area contributed by atoms with Crippen LogP contribution < -0.4 is 10.2 Å². The molecule has 4 heteroatoms. The number of aryl methyl sites for hydroxylation is 1. The number of hydrogen-bond donors (Lipinski definition) is 1. The molecule has 1 aromatic heterocycles. The first-order chi connectivity index (χ1) is 15.1. The van der Waals surface area contributed by atoms with Crippen molar-refractivity contribution >= 4 is 5.82 Å². The molecule has 3 nitrogen and oxygen atoms in total. The molecule has 1 aromatic carbocycles. The number of hydrogen-bond acceptors (Lipinski definition) is 3. The van der Waals surface area contributed by atoms with Gasteiger partial charge < -0.3 is 10.2 Å². The van der Waals surface area contributed by atoms with Gasteiger partial charge in [-0.25, -0.2) is 9.37 Å². The zero-order valence-electron chi connectivity index (χ0n) is 20.5. The molecular formula is C28H38FN3. The molecule has 0 spiro atoms. The van der Waals surface area contributed by atoms with Crippen LogP contribution in [0, 0.1) is 6.92 Å². The number of allylic oxidation sites excluding steroid dienone is 2. The molecule has 32 heavy (non-hydrogen) atoms. The van der Waals surface area contributed by atoms with E-state index in [4.69, 9.17) is 4.98 Å². The summed E-state index contributed by atoms with van der Waals surface area (Å²) in [6.07, 6.45) is 6.90. The van der Waals surface area contributed by atoms with Crippen LogP contribution in [0.4, 0.5) is 10.2 Å². The van der Waals surface area contributed by atoms with Crippen LogP contribution in [-0.4, -0.2) is 11.0 Å². The topological polar surface area (TPSA) is 28.2 Å². The molecule has 2 aromatic rings. The van der Waals surface area contributed by atoms with E-state index < -0.39 is 5.67 Å². The molecule has 0 saturated heterocycles. The molecule has 0 amide bonds. The first-order valence-electron chi connectivity index (χ1n) is 11.5. The van der Waals surface area contributed by atoms with E-state index in [1.54, 1.807) is 13.8 Å². The smallest absolute Gasteiger partial charge is 0.137 e. The van der Waals surface area contributed by atoms with Crippen molar-refractivity contribution in [3.63, 3.8) is 0 Å². The Morgan fingerprint density at radius 2 is 1.94 bits per heavy atom. The Kier molecular flexibility index (Phi) is 8.82. The van der Waals surface area contributed by atoms with E-state index >= 15 is 0 Å². The molecule has 1 heterocycles. The lowest BCUT2D eigenvalue weighted by Gasteiger charge is -2.35. The number of rotatable bonds is 11. The van der Waals surface area contributed by atoms with E-state index in [2.05, 4.69) is 50.2 Å². The highest BCUT2D eigenvalue weighted by Crippen LogP contribution is 2.32. The van der Waals surface area contributed by atoms with Crippen molar-refractivity contribution in [3.8, 4) is 11.3 Å². The number of nitrogens with zero attached hydrogens (tertiary/aromatic N) is 2. The highest BCUT2D eigenvalue weighted by atomic mass is 19.1.